The molecule has 0 bridgehead atoms. The Labute approximate surface area is 115 Å². The maximum atomic E-state index is 6.31. The van der Waals surface area contributed by atoms with Gasteiger partial charge in [0.25, 0.3) is 0 Å². The predicted octanol–water partition coefficient (Wildman–Crippen LogP) is 3.65. The van der Waals surface area contributed by atoms with Crippen LogP contribution in [0.15, 0.2) is 36.4 Å². The summed E-state index contributed by atoms with van der Waals surface area (Å²) in [5.41, 5.74) is 7.55. The van der Waals surface area contributed by atoms with E-state index in [1.54, 1.807) is 11.3 Å². The molecule has 0 aliphatic carbocycles. The molecule has 0 saturated carbocycles. The zero-order valence-electron chi connectivity index (χ0n) is 9.80. The van der Waals surface area contributed by atoms with Gasteiger partial charge in [-0.2, -0.15) is 0 Å². The summed E-state index contributed by atoms with van der Waals surface area (Å²) in [5.74, 6) is 1.31. The molecule has 4 heteroatoms. The normalized spacial score (nSPS) is 20.0. The number of thiophene rings is 1. The highest BCUT2D eigenvalue weighted by Gasteiger charge is 2.26. The molecule has 2 nitrogen and oxygen atoms in total. The molecule has 2 aromatic rings. The van der Waals surface area contributed by atoms with Crippen LogP contribution in [0, 0.1) is 5.92 Å². The average molecular weight is 280 g/mol. The summed E-state index contributed by atoms with van der Waals surface area (Å²) in [5, 5.41) is 0. The summed E-state index contributed by atoms with van der Waals surface area (Å²) < 4.78 is 6.57. The molecule has 18 heavy (non-hydrogen) atoms. The summed E-state index contributed by atoms with van der Waals surface area (Å²) in [6.45, 7) is 0.674. The predicted molar refractivity (Wildman–Crippen MR) is 75.4 cm³/mol. The Morgan fingerprint density at radius 1 is 1.28 bits per heavy atom. The molecule has 94 valence electrons. The number of hydrogen-bond donors (Lipinski definition) is 1. The maximum absolute atomic E-state index is 6.31. The summed E-state index contributed by atoms with van der Waals surface area (Å²) in [6.07, 6.45) is 0.965. The van der Waals surface area contributed by atoms with Gasteiger partial charge in [-0.15, -0.1) is 11.3 Å². The summed E-state index contributed by atoms with van der Waals surface area (Å²) >= 11 is 7.51. The van der Waals surface area contributed by atoms with E-state index in [2.05, 4.69) is 6.07 Å². The summed E-state index contributed by atoms with van der Waals surface area (Å²) in [7, 11) is 0. The lowest BCUT2D eigenvalue weighted by Gasteiger charge is -2.29. The van der Waals surface area contributed by atoms with Crippen molar-refractivity contribution < 1.29 is 4.74 Å². The molecule has 2 heterocycles. The van der Waals surface area contributed by atoms with Crippen LogP contribution in [0.1, 0.15) is 16.5 Å². The van der Waals surface area contributed by atoms with Gasteiger partial charge >= 0.3 is 0 Å². The highest BCUT2D eigenvalue weighted by molar-refractivity contribution is 7.16. The first-order valence-electron chi connectivity index (χ1n) is 5.95. The van der Waals surface area contributed by atoms with Crippen molar-refractivity contribution in [3.63, 3.8) is 0 Å². The monoisotopic (exact) mass is 279 g/mol. The molecule has 1 aliphatic rings. The van der Waals surface area contributed by atoms with Crippen LogP contribution in [0.4, 0.5) is 0 Å². The van der Waals surface area contributed by atoms with Gasteiger partial charge in [0, 0.05) is 16.8 Å². The molecular weight excluding hydrogens is 266 g/mol. The number of nitrogens with two attached hydrogens (primary N) is 1. The van der Waals surface area contributed by atoms with Crippen molar-refractivity contribution in [2.75, 3.05) is 6.61 Å². The van der Waals surface area contributed by atoms with Crippen LogP contribution in [0.5, 0.6) is 5.75 Å². The van der Waals surface area contributed by atoms with Gasteiger partial charge in [-0.3, -0.25) is 0 Å². The number of benzene rings is 1. The minimum Gasteiger partial charge on any atom is -0.493 e. The molecular formula is C14H14ClNOS. The molecule has 0 spiro atoms. The number of para-hydroxylation sites is 1. The van der Waals surface area contributed by atoms with Gasteiger partial charge in [-0.1, -0.05) is 29.8 Å². The van der Waals surface area contributed by atoms with E-state index in [0.29, 0.717) is 12.5 Å². The average Bonchev–Trinajstić information content (AvgIpc) is 2.84. The number of ether oxygens (including phenoxy) is 1. The number of halogens is 1. The van der Waals surface area contributed by atoms with E-state index in [1.165, 1.54) is 5.56 Å². The fourth-order valence-corrected chi connectivity index (χ4v) is 3.48. The second-order valence-electron chi connectivity index (χ2n) is 4.55. The lowest BCUT2D eigenvalue weighted by Crippen LogP contribution is -2.30. The third kappa shape index (κ3) is 2.26. The van der Waals surface area contributed by atoms with Crippen LogP contribution >= 0.6 is 22.9 Å². The Kier molecular flexibility index (Phi) is 3.29. The quantitative estimate of drug-likeness (QED) is 0.911. The molecule has 2 unspecified atom stereocenters. The van der Waals surface area contributed by atoms with Crippen molar-refractivity contribution in [2.45, 2.75) is 12.5 Å². The second kappa shape index (κ2) is 4.92. The maximum Gasteiger partial charge on any atom is 0.122 e. The van der Waals surface area contributed by atoms with Crippen molar-refractivity contribution >= 4 is 22.9 Å². The first kappa shape index (κ1) is 12.0. The van der Waals surface area contributed by atoms with E-state index in [0.717, 1.165) is 21.4 Å². The van der Waals surface area contributed by atoms with Gasteiger partial charge in [0.05, 0.1) is 10.9 Å². The molecule has 0 radical (unpaired) electrons. The minimum atomic E-state index is -0.00384. The standard InChI is InChI=1S/C14H14ClNOS/c15-13-6-5-12(18-13)14(16)10-7-9-3-1-2-4-11(9)17-8-10/h1-6,10,14H,7-8,16H2. The van der Waals surface area contributed by atoms with Gasteiger partial charge in [-0.25, -0.2) is 0 Å². The molecule has 1 aromatic carbocycles. The van der Waals surface area contributed by atoms with Crippen molar-refractivity contribution in [1.82, 2.24) is 0 Å². The molecule has 0 amide bonds. The van der Waals surface area contributed by atoms with Gasteiger partial charge in [-0.05, 0) is 30.2 Å². The lowest BCUT2D eigenvalue weighted by molar-refractivity contribution is 0.201. The Hall–Kier alpha value is -1.03. The molecule has 3 rings (SSSR count). The largest absolute Gasteiger partial charge is 0.493 e. The van der Waals surface area contributed by atoms with Crippen LogP contribution < -0.4 is 10.5 Å². The Morgan fingerprint density at radius 2 is 2.11 bits per heavy atom. The highest BCUT2D eigenvalue weighted by atomic mass is 35.5. The zero-order chi connectivity index (χ0) is 12.5. The highest BCUT2D eigenvalue weighted by Crippen LogP contribution is 2.35. The van der Waals surface area contributed by atoms with E-state index in [-0.39, 0.29) is 6.04 Å². The topological polar surface area (TPSA) is 35.2 Å². The zero-order valence-corrected chi connectivity index (χ0v) is 11.4. The third-order valence-corrected chi connectivity index (χ3v) is 4.67. The smallest absolute Gasteiger partial charge is 0.122 e. The molecule has 0 saturated heterocycles. The third-order valence-electron chi connectivity index (χ3n) is 3.34. The van der Waals surface area contributed by atoms with E-state index in [9.17, 15) is 0 Å². The van der Waals surface area contributed by atoms with Gasteiger partial charge < -0.3 is 10.5 Å². The van der Waals surface area contributed by atoms with Gasteiger partial charge in [0.15, 0.2) is 0 Å². The fourth-order valence-electron chi connectivity index (χ4n) is 2.32. The van der Waals surface area contributed by atoms with Crippen molar-refractivity contribution in [1.29, 1.82) is 0 Å². The number of fused-ring (bicyclic) bond motifs is 1. The Morgan fingerprint density at radius 3 is 2.89 bits per heavy atom. The summed E-state index contributed by atoms with van der Waals surface area (Å²) in [4.78, 5) is 1.13. The SMILES string of the molecule is NC(c1ccc(Cl)s1)C1COc2ccccc2C1. The second-order valence-corrected chi connectivity index (χ2v) is 6.30. The molecule has 1 aromatic heterocycles. The van der Waals surface area contributed by atoms with Gasteiger partial charge in [0.2, 0.25) is 0 Å². The van der Waals surface area contributed by atoms with E-state index >= 15 is 0 Å². The molecule has 1 aliphatic heterocycles. The number of hydrogen-bond acceptors (Lipinski definition) is 3. The molecule has 2 atom stereocenters. The van der Waals surface area contributed by atoms with Crippen LogP contribution in [-0.2, 0) is 6.42 Å². The van der Waals surface area contributed by atoms with Crippen LogP contribution in [0.25, 0.3) is 0 Å². The van der Waals surface area contributed by atoms with Crippen molar-refractivity contribution in [3.05, 3.63) is 51.2 Å². The van der Waals surface area contributed by atoms with E-state index < -0.39 is 0 Å². The van der Waals surface area contributed by atoms with Gasteiger partial charge in [0.1, 0.15) is 5.75 Å². The van der Waals surface area contributed by atoms with Crippen molar-refractivity contribution in [3.8, 4) is 5.75 Å². The first-order valence-corrected chi connectivity index (χ1v) is 7.15. The fraction of sp³-hybridized carbons (Fsp3) is 0.286. The molecule has 0 fully saturated rings. The van der Waals surface area contributed by atoms with Crippen LogP contribution in [-0.4, -0.2) is 6.61 Å². The first-order chi connectivity index (χ1) is 8.74. The Bertz CT molecular complexity index is 554. The molecule has 2 N–H and O–H groups in total. The number of rotatable bonds is 2. The lowest BCUT2D eigenvalue weighted by atomic mass is 9.90. The van der Waals surface area contributed by atoms with Crippen LogP contribution in [0.2, 0.25) is 4.34 Å². The van der Waals surface area contributed by atoms with E-state index in [4.69, 9.17) is 22.1 Å². The minimum absolute atomic E-state index is 0.00384. The van der Waals surface area contributed by atoms with Crippen molar-refractivity contribution in [2.24, 2.45) is 11.7 Å². The van der Waals surface area contributed by atoms with E-state index in [1.807, 2.05) is 30.3 Å². The van der Waals surface area contributed by atoms with Crippen LogP contribution in [0.3, 0.4) is 0 Å². The summed E-state index contributed by atoms with van der Waals surface area (Å²) in [6, 6.07) is 12.1. The Balaban J connectivity index is 1.79.